The molecule has 0 unspecified atom stereocenters. The Labute approximate surface area is 93.0 Å². The van der Waals surface area contributed by atoms with Crippen molar-refractivity contribution in [1.29, 1.82) is 0 Å². The van der Waals surface area contributed by atoms with Gasteiger partial charge in [0.1, 0.15) is 0 Å². The minimum absolute atomic E-state index is 1.32. The van der Waals surface area contributed by atoms with E-state index in [1.54, 1.807) is 23.1 Å². The zero-order chi connectivity index (χ0) is 9.97. The molecule has 0 atom stereocenters. The second-order valence-electron chi connectivity index (χ2n) is 3.20. The maximum Gasteiger partial charge on any atom is 0.00695 e. The quantitative estimate of drug-likeness (QED) is 0.674. The molecule has 0 N–H and O–H groups in total. The summed E-state index contributed by atoms with van der Waals surface area (Å²) in [6.07, 6.45) is 2.10. The molecule has 0 spiro atoms. The van der Waals surface area contributed by atoms with Gasteiger partial charge < -0.3 is 0 Å². The Kier molecular flexibility index (Phi) is 2.94. The third-order valence-corrected chi connectivity index (χ3v) is 3.86. The Balaban J connectivity index is 2.39. The highest BCUT2D eigenvalue weighted by molar-refractivity contribution is 7.98. The van der Waals surface area contributed by atoms with Crippen molar-refractivity contribution in [2.45, 2.75) is 11.8 Å². The van der Waals surface area contributed by atoms with Crippen LogP contribution < -0.4 is 0 Å². The summed E-state index contributed by atoms with van der Waals surface area (Å²) in [4.78, 5) is 1.32. The number of hydrogen-bond donors (Lipinski definition) is 0. The zero-order valence-corrected chi connectivity index (χ0v) is 9.91. The van der Waals surface area contributed by atoms with Gasteiger partial charge in [-0.25, -0.2) is 0 Å². The van der Waals surface area contributed by atoms with E-state index in [1.807, 2.05) is 0 Å². The molecule has 1 heterocycles. The molecule has 2 heteroatoms. The molecule has 2 aromatic rings. The van der Waals surface area contributed by atoms with E-state index in [0.29, 0.717) is 0 Å². The minimum Gasteiger partial charge on any atom is -0.151 e. The van der Waals surface area contributed by atoms with Gasteiger partial charge in [0.25, 0.3) is 0 Å². The van der Waals surface area contributed by atoms with Crippen LogP contribution in [0.3, 0.4) is 0 Å². The Morgan fingerprint density at radius 1 is 1.07 bits per heavy atom. The van der Waals surface area contributed by atoms with Crippen LogP contribution in [-0.2, 0) is 0 Å². The largest absolute Gasteiger partial charge is 0.151 e. The highest BCUT2D eigenvalue weighted by atomic mass is 32.2. The molecule has 2 rings (SSSR count). The highest BCUT2D eigenvalue weighted by Crippen LogP contribution is 2.28. The number of hydrogen-bond acceptors (Lipinski definition) is 2. The number of benzene rings is 1. The van der Waals surface area contributed by atoms with Crippen LogP contribution in [0.25, 0.3) is 11.1 Å². The average Bonchev–Trinajstić information content (AvgIpc) is 2.65. The SMILES string of the molecule is CSc1ccc(-c2cscc2C)cc1. The number of thiophene rings is 1. The molecule has 0 aliphatic carbocycles. The fourth-order valence-corrected chi connectivity index (χ4v) is 2.69. The summed E-state index contributed by atoms with van der Waals surface area (Å²) in [6.45, 7) is 2.16. The van der Waals surface area contributed by atoms with Crippen molar-refractivity contribution in [3.05, 3.63) is 40.6 Å². The zero-order valence-electron chi connectivity index (χ0n) is 8.28. The molecule has 0 saturated carbocycles. The van der Waals surface area contributed by atoms with E-state index in [4.69, 9.17) is 0 Å². The third-order valence-electron chi connectivity index (χ3n) is 2.26. The van der Waals surface area contributed by atoms with Crippen LogP contribution in [0.15, 0.2) is 39.9 Å². The lowest BCUT2D eigenvalue weighted by atomic mass is 10.1. The van der Waals surface area contributed by atoms with Crippen molar-refractivity contribution in [2.24, 2.45) is 0 Å². The molecule has 0 saturated heterocycles. The first kappa shape index (κ1) is 9.81. The van der Waals surface area contributed by atoms with Crippen LogP contribution in [-0.4, -0.2) is 6.26 Å². The number of rotatable bonds is 2. The molecule has 0 radical (unpaired) electrons. The average molecular weight is 220 g/mol. The van der Waals surface area contributed by atoms with Gasteiger partial charge in [-0.1, -0.05) is 12.1 Å². The molecule has 0 bridgehead atoms. The first-order chi connectivity index (χ1) is 6.81. The predicted octanol–water partition coefficient (Wildman–Crippen LogP) is 4.45. The van der Waals surface area contributed by atoms with Crippen LogP contribution >= 0.6 is 23.1 Å². The topological polar surface area (TPSA) is 0 Å². The fourth-order valence-electron chi connectivity index (χ4n) is 1.43. The Morgan fingerprint density at radius 3 is 2.29 bits per heavy atom. The molecule has 0 aliphatic rings. The van der Waals surface area contributed by atoms with Gasteiger partial charge in [0, 0.05) is 4.90 Å². The first-order valence-electron chi connectivity index (χ1n) is 4.48. The molecule has 1 aromatic carbocycles. The van der Waals surface area contributed by atoms with Gasteiger partial charge in [-0.3, -0.25) is 0 Å². The second kappa shape index (κ2) is 4.20. The summed E-state index contributed by atoms with van der Waals surface area (Å²) in [7, 11) is 0. The number of thioether (sulfide) groups is 1. The number of aryl methyl sites for hydroxylation is 1. The van der Waals surface area contributed by atoms with Gasteiger partial charge in [-0.15, -0.1) is 11.8 Å². The standard InChI is InChI=1S/C12H12S2/c1-9-7-14-8-12(9)10-3-5-11(13-2)6-4-10/h3-8H,1-2H3. The van der Waals surface area contributed by atoms with Gasteiger partial charge in [0.05, 0.1) is 0 Å². The van der Waals surface area contributed by atoms with Crippen LogP contribution in [0, 0.1) is 6.92 Å². The van der Waals surface area contributed by atoms with Crippen LogP contribution in [0.4, 0.5) is 0 Å². The monoisotopic (exact) mass is 220 g/mol. The van der Waals surface area contributed by atoms with Crippen molar-refractivity contribution in [3.8, 4) is 11.1 Å². The van der Waals surface area contributed by atoms with Crippen LogP contribution in [0.1, 0.15) is 5.56 Å². The summed E-state index contributed by atoms with van der Waals surface area (Å²) in [5.74, 6) is 0. The summed E-state index contributed by atoms with van der Waals surface area (Å²) in [5, 5.41) is 4.40. The van der Waals surface area contributed by atoms with Crippen molar-refractivity contribution < 1.29 is 0 Å². The molecule has 0 amide bonds. The van der Waals surface area contributed by atoms with Gasteiger partial charge in [0.2, 0.25) is 0 Å². The van der Waals surface area contributed by atoms with Crippen LogP contribution in [0.5, 0.6) is 0 Å². The maximum absolute atomic E-state index is 2.21. The summed E-state index contributed by atoms with van der Waals surface area (Å²) in [5.41, 5.74) is 4.05. The summed E-state index contributed by atoms with van der Waals surface area (Å²) < 4.78 is 0. The van der Waals surface area contributed by atoms with Crippen LogP contribution in [0.2, 0.25) is 0 Å². The highest BCUT2D eigenvalue weighted by Gasteiger charge is 2.01. The Hall–Kier alpha value is -0.730. The van der Waals surface area contributed by atoms with Crippen molar-refractivity contribution in [1.82, 2.24) is 0 Å². The second-order valence-corrected chi connectivity index (χ2v) is 4.82. The van der Waals surface area contributed by atoms with Gasteiger partial charge >= 0.3 is 0 Å². The Bertz CT molecular complexity index is 412. The molecule has 1 aromatic heterocycles. The summed E-state index contributed by atoms with van der Waals surface area (Å²) >= 11 is 3.55. The molecule has 72 valence electrons. The van der Waals surface area contributed by atoms with Gasteiger partial charge in [-0.05, 0) is 52.8 Å². The lowest BCUT2D eigenvalue weighted by Gasteiger charge is -2.01. The maximum atomic E-state index is 2.21. The predicted molar refractivity (Wildman–Crippen MR) is 66.3 cm³/mol. The molecular weight excluding hydrogens is 208 g/mol. The van der Waals surface area contributed by atoms with Crippen molar-refractivity contribution in [3.63, 3.8) is 0 Å². The van der Waals surface area contributed by atoms with Gasteiger partial charge in [0.15, 0.2) is 0 Å². The fraction of sp³-hybridized carbons (Fsp3) is 0.167. The van der Waals surface area contributed by atoms with Crippen molar-refractivity contribution >= 4 is 23.1 Å². The molecule has 0 fully saturated rings. The molecular formula is C12H12S2. The van der Waals surface area contributed by atoms with E-state index in [1.165, 1.54) is 21.6 Å². The van der Waals surface area contributed by atoms with Crippen molar-refractivity contribution in [2.75, 3.05) is 6.26 Å². The summed E-state index contributed by atoms with van der Waals surface area (Å²) in [6, 6.07) is 8.75. The normalized spacial score (nSPS) is 10.4. The third kappa shape index (κ3) is 1.86. The van der Waals surface area contributed by atoms with E-state index in [-0.39, 0.29) is 0 Å². The van der Waals surface area contributed by atoms with E-state index < -0.39 is 0 Å². The molecule has 0 nitrogen and oxygen atoms in total. The minimum atomic E-state index is 1.32. The Morgan fingerprint density at radius 2 is 1.79 bits per heavy atom. The van der Waals surface area contributed by atoms with E-state index in [2.05, 4.69) is 48.2 Å². The van der Waals surface area contributed by atoms with E-state index >= 15 is 0 Å². The smallest absolute Gasteiger partial charge is 0.00695 e. The molecule has 14 heavy (non-hydrogen) atoms. The molecule has 0 aliphatic heterocycles. The van der Waals surface area contributed by atoms with Gasteiger partial charge in [-0.2, -0.15) is 11.3 Å². The lowest BCUT2D eigenvalue weighted by Crippen LogP contribution is -1.77. The first-order valence-corrected chi connectivity index (χ1v) is 6.65. The van der Waals surface area contributed by atoms with E-state index in [9.17, 15) is 0 Å². The van der Waals surface area contributed by atoms with E-state index in [0.717, 1.165) is 0 Å². The lowest BCUT2D eigenvalue weighted by molar-refractivity contribution is 1.45.